The Bertz CT molecular complexity index is 653. The molecule has 0 aliphatic carbocycles. The zero-order valence-electron chi connectivity index (χ0n) is 12.3. The van der Waals surface area contributed by atoms with Gasteiger partial charge < -0.3 is 9.84 Å². The molecule has 112 valence electrons. The molecule has 21 heavy (non-hydrogen) atoms. The van der Waals surface area contributed by atoms with Gasteiger partial charge in [0.25, 0.3) is 0 Å². The van der Waals surface area contributed by atoms with E-state index < -0.39 is 5.82 Å². The molecule has 1 N–H and O–H groups in total. The van der Waals surface area contributed by atoms with Gasteiger partial charge in [-0.2, -0.15) is 0 Å². The van der Waals surface area contributed by atoms with E-state index in [-0.39, 0.29) is 11.3 Å². The monoisotopic (exact) mass is 308 g/mol. The van der Waals surface area contributed by atoms with Gasteiger partial charge in [0, 0.05) is 16.1 Å². The largest absolute Gasteiger partial charge is 0.507 e. The second-order valence-electron chi connectivity index (χ2n) is 5.47. The van der Waals surface area contributed by atoms with Gasteiger partial charge in [0.15, 0.2) is 0 Å². The molecule has 0 atom stereocenters. The van der Waals surface area contributed by atoms with E-state index in [0.29, 0.717) is 28.9 Å². The Hall–Kier alpha value is -1.74. The Labute approximate surface area is 129 Å². The van der Waals surface area contributed by atoms with Crippen molar-refractivity contribution >= 4 is 11.6 Å². The summed E-state index contributed by atoms with van der Waals surface area (Å²) in [6.07, 6.45) is 0. The lowest BCUT2D eigenvalue weighted by Crippen LogP contribution is -2.04. The number of hydrogen-bond donors (Lipinski definition) is 1. The SMILES string of the molecule is Cc1cc(O)c(-c2cc(OCC(C)C)ccc2F)cc1Cl. The molecular formula is C17H18ClFO2. The molecule has 0 spiro atoms. The maximum absolute atomic E-state index is 14.1. The molecule has 0 aliphatic heterocycles. The lowest BCUT2D eigenvalue weighted by atomic mass is 10.0. The van der Waals surface area contributed by atoms with Crippen LogP contribution in [0.5, 0.6) is 11.5 Å². The average molecular weight is 309 g/mol. The van der Waals surface area contributed by atoms with Gasteiger partial charge >= 0.3 is 0 Å². The molecule has 0 bridgehead atoms. The standard InChI is InChI=1S/C17H18ClFO2/c1-10(2)9-21-12-4-5-16(19)13(7-12)14-8-15(18)11(3)6-17(14)20/h4-8,10,20H,9H2,1-3H3. The zero-order valence-corrected chi connectivity index (χ0v) is 13.0. The Balaban J connectivity index is 2.43. The maximum atomic E-state index is 14.1. The topological polar surface area (TPSA) is 29.5 Å². The van der Waals surface area contributed by atoms with Crippen LogP contribution >= 0.6 is 11.6 Å². The molecule has 2 rings (SSSR count). The first-order valence-corrected chi connectivity index (χ1v) is 7.18. The van der Waals surface area contributed by atoms with Gasteiger partial charge in [-0.1, -0.05) is 25.4 Å². The van der Waals surface area contributed by atoms with Crippen molar-refractivity contribution in [3.05, 3.63) is 46.7 Å². The van der Waals surface area contributed by atoms with Crippen LogP contribution in [0.3, 0.4) is 0 Å². The van der Waals surface area contributed by atoms with E-state index in [0.717, 1.165) is 5.56 Å². The number of hydrogen-bond acceptors (Lipinski definition) is 2. The third kappa shape index (κ3) is 3.67. The minimum absolute atomic E-state index is 0.00295. The van der Waals surface area contributed by atoms with Gasteiger partial charge in [-0.15, -0.1) is 0 Å². The molecule has 0 saturated heterocycles. The minimum Gasteiger partial charge on any atom is -0.507 e. The highest BCUT2D eigenvalue weighted by Crippen LogP contribution is 2.36. The van der Waals surface area contributed by atoms with Crippen LogP contribution in [0.25, 0.3) is 11.1 Å². The number of phenols is 1. The van der Waals surface area contributed by atoms with E-state index in [9.17, 15) is 9.50 Å². The lowest BCUT2D eigenvalue weighted by molar-refractivity contribution is 0.271. The fraction of sp³-hybridized carbons (Fsp3) is 0.294. The van der Waals surface area contributed by atoms with Crippen molar-refractivity contribution in [2.45, 2.75) is 20.8 Å². The molecule has 2 aromatic carbocycles. The first-order chi connectivity index (χ1) is 9.88. The summed E-state index contributed by atoms with van der Waals surface area (Å²) in [6, 6.07) is 7.58. The van der Waals surface area contributed by atoms with E-state index in [4.69, 9.17) is 16.3 Å². The molecular weight excluding hydrogens is 291 g/mol. The van der Waals surface area contributed by atoms with Gasteiger partial charge in [-0.3, -0.25) is 0 Å². The summed E-state index contributed by atoms with van der Waals surface area (Å²) in [5, 5.41) is 10.5. The number of ether oxygens (including phenoxy) is 1. The van der Waals surface area contributed by atoms with Crippen molar-refractivity contribution in [1.29, 1.82) is 0 Å². The van der Waals surface area contributed by atoms with Gasteiger partial charge in [0.1, 0.15) is 17.3 Å². The number of phenolic OH excluding ortho intramolecular Hbond substituents is 1. The van der Waals surface area contributed by atoms with Crippen LogP contribution in [-0.4, -0.2) is 11.7 Å². The third-order valence-corrected chi connectivity index (χ3v) is 3.50. The van der Waals surface area contributed by atoms with Gasteiger partial charge in [0.2, 0.25) is 0 Å². The summed E-state index contributed by atoms with van der Waals surface area (Å²) in [4.78, 5) is 0. The van der Waals surface area contributed by atoms with E-state index in [1.807, 2.05) is 13.8 Å². The van der Waals surface area contributed by atoms with Gasteiger partial charge in [0.05, 0.1) is 6.61 Å². The summed E-state index contributed by atoms with van der Waals surface area (Å²) in [5.41, 5.74) is 1.37. The van der Waals surface area contributed by atoms with E-state index >= 15 is 0 Å². The van der Waals surface area contributed by atoms with Crippen LogP contribution < -0.4 is 4.74 Å². The van der Waals surface area contributed by atoms with Crippen molar-refractivity contribution in [3.63, 3.8) is 0 Å². The van der Waals surface area contributed by atoms with Crippen molar-refractivity contribution in [2.24, 2.45) is 5.92 Å². The predicted octanol–water partition coefficient (Wildman–Crippen LogP) is 5.19. The smallest absolute Gasteiger partial charge is 0.131 e. The molecule has 2 aromatic rings. The van der Waals surface area contributed by atoms with Crippen molar-refractivity contribution in [3.8, 4) is 22.6 Å². The Kier molecular flexibility index (Phi) is 4.73. The second kappa shape index (κ2) is 6.35. The van der Waals surface area contributed by atoms with Crippen LogP contribution in [0.4, 0.5) is 4.39 Å². The minimum atomic E-state index is -0.429. The summed E-state index contributed by atoms with van der Waals surface area (Å²) in [7, 11) is 0. The first-order valence-electron chi connectivity index (χ1n) is 6.80. The van der Waals surface area contributed by atoms with Crippen molar-refractivity contribution in [1.82, 2.24) is 0 Å². The molecule has 2 nitrogen and oxygen atoms in total. The highest BCUT2D eigenvalue weighted by atomic mass is 35.5. The van der Waals surface area contributed by atoms with Crippen LogP contribution in [0.15, 0.2) is 30.3 Å². The highest BCUT2D eigenvalue weighted by molar-refractivity contribution is 6.31. The van der Waals surface area contributed by atoms with Crippen LogP contribution in [0.2, 0.25) is 5.02 Å². The molecule has 0 aliphatic rings. The van der Waals surface area contributed by atoms with Gasteiger partial charge in [-0.05, 0) is 48.7 Å². The average Bonchev–Trinajstić information content (AvgIpc) is 2.42. The molecule has 0 saturated carbocycles. The number of aryl methyl sites for hydroxylation is 1. The summed E-state index contributed by atoms with van der Waals surface area (Å²) in [6.45, 7) is 6.40. The first kappa shape index (κ1) is 15.6. The Morgan fingerprint density at radius 3 is 2.57 bits per heavy atom. The fourth-order valence-electron chi connectivity index (χ4n) is 1.95. The van der Waals surface area contributed by atoms with E-state index in [1.54, 1.807) is 25.1 Å². The van der Waals surface area contributed by atoms with Crippen LogP contribution in [0, 0.1) is 18.7 Å². The predicted molar refractivity (Wildman–Crippen MR) is 83.6 cm³/mol. The fourth-order valence-corrected chi connectivity index (χ4v) is 2.11. The Morgan fingerprint density at radius 2 is 1.90 bits per heavy atom. The highest BCUT2D eigenvalue weighted by Gasteiger charge is 2.13. The normalized spacial score (nSPS) is 11.0. The molecule has 0 heterocycles. The summed E-state index contributed by atoms with van der Waals surface area (Å²) < 4.78 is 19.7. The zero-order chi connectivity index (χ0) is 15.6. The summed E-state index contributed by atoms with van der Waals surface area (Å²) >= 11 is 6.07. The number of aromatic hydroxyl groups is 1. The lowest BCUT2D eigenvalue weighted by Gasteiger charge is -2.12. The molecule has 0 unspecified atom stereocenters. The van der Waals surface area contributed by atoms with Crippen LogP contribution in [0.1, 0.15) is 19.4 Å². The number of benzene rings is 2. The molecule has 0 aromatic heterocycles. The van der Waals surface area contributed by atoms with Crippen molar-refractivity contribution < 1.29 is 14.2 Å². The maximum Gasteiger partial charge on any atom is 0.131 e. The molecule has 4 heteroatoms. The third-order valence-electron chi connectivity index (χ3n) is 3.09. The van der Waals surface area contributed by atoms with E-state index in [2.05, 4.69) is 0 Å². The quantitative estimate of drug-likeness (QED) is 0.841. The van der Waals surface area contributed by atoms with Gasteiger partial charge in [-0.25, -0.2) is 4.39 Å². The Morgan fingerprint density at radius 1 is 1.19 bits per heavy atom. The van der Waals surface area contributed by atoms with Crippen molar-refractivity contribution in [2.75, 3.05) is 6.61 Å². The number of halogens is 2. The van der Waals surface area contributed by atoms with E-state index in [1.165, 1.54) is 12.1 Å². The summed E-state index contributed by atoms with van der Waals surface area (Å²) in [5.74, 6) is 0.510. The molecule has 0 radical (unpaired) electrons. The van der Waals surface area contributed by atoms with Crippen LogP contribution in [-0.2, 0) is 0 Å². The molecule has 0 amide bonds. The number of rotatable bonds is 4. The molecule has 0 fully saturated rings. The second-order valence-corrected chi connectivity index (χ2v) is 5.87.